The summed E-state index contributed by atoms with van der Waals surface area (Å²) in [7, 11) is -2.28. The van der Waals surface area contributed by atoms with Crippen molar-refractivity contribution in [1.29, 1.82) is 0 Å². The minimum Gasteiger partial charge on any atom is -0.496 e. The number of amides is 1. The highest BCUT2D eigenvalue weighted by Crippen LogP contribution is 2.26. The Kier molecular flexibility index (Phi) is 3.98. The molecule has 1 atom stereocenters. The maximum absolute atomic E-state index is 12.4. The van der Waals surface area contributed by atoms with Gasteiger partial charge in [-0.3, -0.25) is 4.79 Å². The molecule has 20 heavy (non-hydrogen) atoms. The fourth-order valence-corrected chi connectivity index (χ4v) is 3.70. The van der Waals surface area contributed by atoms with Crippen LogP contribution in [0.3, 0.4) is 0 Å². The predicted molar refractivity (Wildman–Crippen MR) is 72.9 cm³/mol. The highest BCUT2D eigenvalue weighted by Gasteiger charge is 2.31. The van der Waals surface area contributed by atoms with Gasteiger partial charge in [0, 0.05) is 19.1 Å². The molecule has 7 nitrogen and oxygen atoms in total. The topological polar surface area (TPSA) is 116 Å². The molecule has 0 aliphatic carbocycles. The van der Waals surface area contributed by atoms with Gasteiger partial charge < -0.3 is 16.2 Å². The van der Waals surface area contributed by atoms with Gasteiger partial charge in [-0.1, -0.05) is 0 Å². The Hall–Kier alpha value is -1.64. The van der Waals surface area contributed by atoms with Crippen molar-refractivity contribution in [2.24, 2.45) is 11.5 Å². The van der Waals surface area contributed by atoms with E-state index in [9.17, 15) is 13.2 Å². The molecule has 110 valence electrons. The van der Waals surface area contributed by atoms with Gasteiger partial charge in [-0.2, -0.15) is 4.31 Å². The molecule has 8 heteroatoms. The van der Waals surface area contributed by atoms with Crippen LogP contribution in [0.4, 0.5) is 0 Å². The van der Waals surface area contributed by atoms with Crippen molar-refractivity contribution in [3.63, 3.8) is 0 Å². The van der Waals surface area contributed by atoms with Crippen LogP contribution in [0.2, 0.25) is 0 Å². The third-order valence-electron chi connectivity index (χ3n) is 3.26. The van der Waals surface area contributed by atoms with Crippen LogP contribution in [0.15, 0.2) is 23.1 Å². The van der Waals surface area contributed by atoms with Crippen molar-refractivity contribution in [3.05, 3.63) is 23.8 Å². The van der Waals surface area contributed by atoms with E-state index in [-0.39, 0.29) is 28.8 Å². The molecular weight excluding hydrogens is 282 g/mol. The fraction of sp³-hybridized carbons (Fsp3) is 0.417. The Morgan fingerprint density at radius 2 is 2.15 bits per heavy atom. The van der Waals surface area contributed by atoms with E-state index in [1.165, 1.54) is 29.6 Å². The molecule has 4 N–H and O–H groups in total. The minimum atomic E-state index is -3.66. The van der Waals surface area contributed by atoms with E-state index in [4.69, 9.17) is 16.2 Å². The van der Waals surface area contributed by atoms with Crippen molar-refractivity contribution >= 4 is 15.9 Å². The monoisotopic (exact) mass is 299 g/mol. The van der Waals surface area contributed by atoms with Crippen molar-refractivity contribution in [2.45, 2.75) is 17.4 Å². The molecule has 0 aromatic heterocycles. The molecule has 1 aromatic rings. The van der Waals surface area contributed by atoms with E-state index in [1.54, 1.807) is 0 Å². The highest BCUT2D eigenvalue weighted by atomic mass is 32.2. The van der Waals surface area contributed by atoms with E-state index in [0.29, 0.717) is 13.0 Å². The third kappa shape index (κ3) is 2.62. The minimum absolute atomic E-state index is 0.0150. The summed E-state index contributed by atoms with van der Waals surface area (Å²) in [6.45, 7) is 0.654. The molecule has 1 amide bonds. The lowest BCUT2D eigenvalue weighted by atomic mass is 10.2. The van der Waals surface area contributed by atoms with Gasteiger partial charge in [0.25, 0.3) is 5.91 Å². The number of ether oxygens (including phenoxy) is 1. The van der Waals surface area contributed by atoms with E-state index < -0.39 is 15.9 Å². The maximum Gasteiger partial charge on any atom is 0.252 e. The summed E-state index contributed by atoms with van der Waals surface area (Å²) < 4.78 is 31.2. The first-order chi connectivity index (χ1) is 9.36. The number of rotatable bonds is 4. The van der Waals surface area contributed by atoms with Crippen LogP contribution >= 0.6 is 0 Å². The van der Waals surface area contributed by atoms with Gasteiger partial charge in [-0.15, -0.1) is 0 Å². The number of sulfonamides is 1. The molecule has 1 fully saturated rings. The second kappa shape index (κ2) is 5.39. The van der Waals surface area contributed by atoms with Gasteiger partial charge >= 0.3 is 0 Å². The molecule has 0 saturated carbocycles. The van der Waals surface area contributed by atoms with Crippen LogP contribution in [0.25, 0.3) is 0 Å². The third-order valence-corrected chi connectivity index (χ3v) is 5.12. The molecule has 1 aromatic carbocycles. The van der Waals surface area contributed by atoms with Gasteiger partial charge in [0.2, 0.25) is 10.0 Å². The maximum atomic E-state index is 12.4. The Bertz CT molecular complexity index is 630. The van der Waals surface area contributed by atoms with Crippen LogP contribution in [0.5, 0.6) is 5.75 Å². The van der Waals surface area contributed by atoms with Gasteiger partial charge in [0.15, 0.2) is 0 Å². The van der Waals surface area contributed by atoms with Crippen molar-refractivity contribution in [3.8, 4) is 5.75 Å². The lowest BCUT2D eigenvalue weighted by molar-refractivity contribution is 0.0997. The van der Waals surface area contributed by atoms with E-state index >= 15 is 0 Å². The second-order valence-corrected chi connectivity index (χ2v) is 6.58. The molecule has 1 aliphatic heterocycles. The van der Waals surface area contributed by atoms with Gasteiger partial charge in [-0.05, 0) is 24.6 Å². The average Bonchev–Trinajstić information content (AvgIpc) is 2.85. The summed E-state index contributed by atoms with van der Waals surface area (Å²) in [5, 5.41) is 0. The van der Waals surface area contributed by atoms with Crippen molar-refractivity contribution in [2.75, 3.05) is 20.2 Å². The predicted octanol–water partition coefficient (Wildman–Crippen LogP) is -0.484. The van der Waals surface area contributed by atoms with Crippen LogP contribution in [0.1, 0.15) is 16.8 Å². The molecule has 0 unspecified atom stereocenters. The molecule has 0 spiro atoms. The second-order valence-electron chi connectivity index (χ2n) is 4.64. The van der Waals surface area contributed by atoms with E-state index in [1.807, 2.05) is 0 Å². The zero-order chi connectivity index (χ0) is 14.9. The normalized spacial score (nSPS) is 20.0. The number of hydrogen-bond acceptors (Lipinski definition) is 5. The summed E-state index contributed by atoms with van der Waals surface area (Å²) in [6.07, 6.45) is 0.623. The standard InChI is InChI=1S/C12H17N3O4S/c1-19-11-3-2-9(6-10(11)12(14)16)20(17,18)15-5-4-8(13)7-15/h2-3,6,8H,4-5,7,13H2,1H3,(H2,14,16)/t8-/m1/s1. The molecular formula is C12H17N3O4S. The number of benzene rings is 1. The van der Waals surface area contributed by atoms with Crippen molar-refractivity contribution < 1.29 is 17.9 Å². The molecule has 1 heterocycles. The zero-order valence-corrected chi connectivity index (χ0v) is 11.9. The first-order valence-corrected chi connectivity index (χ1v) is 7.54. The van der Waals surface area contributed by atoms with Gasteiger partial charge in [0.05, 0.1) is 17.6 Å². The summed E-state index contributed by atoms with van der Waals surface area (Å²) in [4.78, 5) is 11.4. The lowest BCUT2D eigenvalue weighted by Crippen LogP contribution is -2.32. The Labute approximate surface area is 117 Å². The van der Waals surface area contributed by atoms with Gasteiger partial charge in [0.1, 0.15) is 5.75 Å². The molecule has 0 radical (unpaired) electrons. The molecule has 1 saturated heterocycles. The smallest absolute Gasteiger partial charge is 0.252 e. The zero-order valence-electron chi connectivity index (χ0n) is 11.1. The van der Waals surface area contributed by atoms with E-state index in [0.717, 1.165) is 0 Å². The number of nitrogens with zero attached hydrogens (tertiary/aromatic N) is 1. The lowest BCUT2D eigenvalue weighted by Gasteiger charge is -2.17. The molecule has 2 rings (SSSR count). The molecule has 0 bridgehead atoms. The quantitative estimate of drug-likeness (QED) is 0.778. The Balaban J connectivity index is 2.42. The van der Waals surface area contributed by atoms with Gasteiger partial charge in [-0.25, -0.2) is 8.42 Å². The number of nitrogens with two attached hydrogens (primary N) is 2. The largest absolute Gasteiger partial charge is 0.496 e. The van der Waals surface area contributed by atoms with Crippen LogP contribution in [-0.2, 0) is 10.0 Å². The Morgan fingerprint density at radius 3 is 2.65 bits per heavy atom. The summed E-state index contributed by atoms with van der Waals surface area (Å²) in [5.74, 6) is -0.494. The Morgan fingerprint density at radius 1 is 1.45 bits per heavy atom. The fourth-order valence-electron chi connectivity index (χ4n) is 2.16. The highest BCUT2D eigenvalue weighted by molar-refractivity contribution is 7.89. The summed E-state index contributed by atoms with van der Waals surface area (Å²) in [6, 6.07) is 3.90. The number of methoxy groups -OCH3 is 1. The van der Waals surface area contributed by atoms with Crippen LogP contribution in [0, 0.1) is 0 Å². The summed E-state index contributed by atoms with van der Waals surface area (Å²) in [5.41, 5.74) is 11.0. The van der Waals surface area contributed by atoms with Crippen molar-refractivity contribution in [1.82, 2.24) is 4.31 Å². The van der Waals surface area contributed by atoms with Crippen LogP contribution < -0.4 is 16.2 Å². The number of hydrogen-bond donors (Lipinski definition) is 2. The first-order valence-electron chi connectivity index (χ1n) is 6.10. The number of carbonyl (C=O) groups excluding carboxylic acids is 1. The average molecular weight is 299 g/mol. The first kappa shape index (κ1) is 14.8. The summed E-state index contributed by atoms with van der Waals surface area (Å²) >= 11 is 0. The SMILES string of the molecule is COc1ccc(S(=O)(=O)N2CC[C@@H](N)C2)cc1C(N)=O. The number of carbonyl (C=O) groups is 1. The molecule has 1 aliphatic rings. The van der Waals surface area contributed by atoms with Crippen LogP contribution in [-0.4, -0.2) is 44.9 Å². The van der Waals surface area contributed by atoms with E-state index in [2.05, 4.69) is 0 Å². The number of primary amides is 1.